The minimum absolute atomic E-state index is 0.189. The second kappa shape index (κ2) is 6.50. The smallest absolute Gasteiger partial charge is 0.422 e. The first-order valence-electron chi connectivity index (χ1n) is 6.61. The molecule has 0 aromatic carbocycles. The molecule has 1 fully saturated rings. The molecule has 9 heteroatoms. The largest absolute Gasteiger partial charge is 0.479 e. The standard InChI is InChI=1S/C12H20F3N3O3/c1-11(9(19)20,12(13,14)15)17-10(21)16-7-8-3-5-18(2)6-4-8/h8H,3-7H2,1-2H3,(H,19,20)(H2,16,17,21). The number of carbonyl (C=O) groups excluding carboxylic acids is 1. The van der Waals surface area contributed by atoms with Gasteiger partial charge in [0, 0.05) is 6.54 Å². The molecule has 1 heterocycles. The Morgan fingerprint density at radius 2 is 1.81 bits per heavy atom. The average Bonchev–Trinajstić information content (AvgIpc) is 2.36. The molecule has 6 nitrogen and oxygen atoms in total. The molecule has 0 radical (unpaired) electrons. The van der Waals surface area contributed by atoms with Crippen LogP contribution in [-0.4, -0.2) is 60.4 Å². The molecule has 1 aliphatic heterocycles. The highest BCUT2D eigenvalue weighted by Crippen LogP contribution is 2.30. The molecular weight excluding hydrogens is 291 g/mol. The van der Waals surface area contributed by atoms with Crippen molar-refractivity contribution < 1.29 is 27.9 Å². The van der Waals surface area contributed by atoms with E-state index in [0.29, 0.717) is 6.92 Å². The summed E-state index contributed by atoms with van der Waals surface area (Å²) in [6, 6.07) is -1.13. The molecule has 21 heavy (non-hydrogen) atoms. The van der Waals surface area contributed by atoms with Gasteiger partial charge in [-0.05, 0) is 45.8 Å². The third-order valence-corrected chi connectivity index (χ3v) is 3.75. The van der Waals surface area contributed by atoms with Gasteiger partial charge in [0.05, 0.1) is 0 Å². The molecule has 1 rings (SSSR count). The van der Waals surface area contributed by atoms with Crippen LogP contribution in [0.15, 0.2) is 0 Å². The highest BCUT2D eigenvalue weighted by molar-refractivity contribution is 5.86. The van der Waals surface area contributed by atoms with Gasteiger partial charge in [0.15, 0.2) is 0 Å². The fraction of sp³-hybridized carbons (Fsp3) is 0.833. The van der Waals surface area contributed by atoms with E-state index < -0.39 is 23.7 Å². The van der Waals surface area contributed by atoms with Crippen LogP contribution >= 0.6 is 0 Å². The van der Waals surface area contributed by atoms with Gasteiger partial charge >= 0.3 is 18.2 Å². The first kappa shape index (κ1) is 17.5. The van der Waals surface area contributed by atoms with Crippen LogP contribution in [-0.2, 0) is 4.79 Å². The Morgan fingerprint density at radius 1 is 1.29 bits per heavy atom. The van der Waals surface area contributed by atoms with Crippen LogP contribution in [0.1, 0.15) is 19.8 Å². The number of aliphatic carboxylic acids is 1. The topological polar surface area (TPSA) is 81.7 Å². The molecule has 1 atom stereocenters. The van der Waals surface area contributed by atoms with E-state index in [1.54, 1.807) is 0 Å². The summed E-state index contributed by atoms with van der Waals surface area (Å²) in [5.74, 6) is -1.96. The minimum atomic E-state index is -5.08. The quantitative estimate of drug-likeness (QED) is 0.724. The molecule has 0 aromatic rings. The molecule has 2 amide bonds. The lowest BCUT2D eigenvalue weighted by molar-refractivity contribution is -0.203. The zero-order valence-corrected chi connectivity index (χ0v) is 12.0. The van der Waals surface area contributed by atoms with Crippen molar-refractivity contribution in [3.05, 3.63) is 0 Å². The number of carbonyl (C=O) groups is 2. The second-order valence-electron chi connectivity index (χ2n) is 5.51. The van der Waals surface area contributed by atoms with Gasteiger partial charge in [-0.1, -0.05) is 0 Å². The van der Waals surface area contributed by atoms with Crippen molar-refractivity contribution in [3.63, 3.8) is 0 Å². The number of alkyl halides is 3. The van der Waals surface area contributed by atoms with Crippen LogP contribution in [0.3, 0.4) is 0 Å². The number of rotatable bonds is 4. The summed E-state index contributed by atoms with van der Waals surface area (Å²) in [5, 5.41) is 12.5. The first-order chi connectivity index (χ1) is 9.56. The number of halogens is 3. The molecule has 1 aliphatic rings. The third-order valence-electron chi connectivity index (χ3n) is 3.75. The summed E-state index contributed by atoms with van der Waals surface area (Å²) in [6.07, 6.45) is -3.40. The number of hydrogen-bond donors (Lipinski definition) is 3. The maximum atomic E-state index is 12.7. The van der Waals surface area contributed by atoms with E-state index >= 15 is 0 Å². The van der Waals surface area contributed by atoms with Crippen LogP contribution in [0.5, 0.6) is 0 Å². The van der Waals surface area contributed by atoms with Crippen molar-refractivity contribution in [2.24, 2.45) is 5.92 Å². The third kappa shape index (κ3) is 4.48. The number of nitrogens with one attached hydrogen (secondary N) is 2. The van der Waals surface area contributed by atoms with Crippen molar-refractivity contribution >= 4 is 12.0 Å². The molecule has 0 aromatic heterocycles. The number of amides is 2. The van der Waals surface area contributed by atoms with Gasteiger partial charge in [0.1, 0.15) is 0 Å². The van der Waals surface area contributed by atoms with E-state index in [4.69, 9.17) is 5.11 Å². The summed E-state index contributed by atoms with van der Waals surface area (Å²) in [5.41, 5.74) is -3.30. The normalized spacial score (nSPS) is 20.6. The molecule has 1 unspecified atom stereocenters. The molecule has 122 valence electrons. The zero-order valence-electron chi connectivity index (χ0n) is 12.0. The molecule has 3 N–H and O–H groups in total. The number of likely N-dealkylation sites (tertiary alicyclic amines) is 1. The van der Waals surface area contributed by atoms with Crippen LogP contribution < -0.4 is 10.6 Å². The van der Waals surface area contributed by atoms with E-state index in [9.17, 15) is 22.8 Å². The number of carboxylic acid groups (broad SMARTS) is 1. The lowest BCUT2D eigenvalue weighted by Gasteiger charge is -2.31. The Balaban J connectivity index is 2.50. The fourth-order valence-electron chi connectivity index (χ4n) is 2.02. The van der Waals surface area contributed by atoms with Gasteiger partial charge in [-0.25, -0.2) is 9.59 Å². The van der Waals surface area contributed by atoms with Crippen molar-refractivity contribution in [1.82, 2.24) is 15.5 Å². The van der Waals surface area contributed by atoms with Crippen molar-refractivity contribution in [2.45, 2.75) is 31.5 Å². The van der Waals surface area contributed by atoms with Gasteiger partial charge < -0.3 is 20.6 Å². The fourth-order valence-corrected chi connectivity index (χ4v) is 2.02. The summed E-state index contributed by atoms with van der Waals surface area (Å²) < 4.78 is 38.2. The predicted molar refractivity (Wildman–Crippen MR) is 68.9 cm³/mol. The Bertz CT molecular complexity index is 395. The Kier molecular flexibility index (Phi) is 5.43. The van der Waals surface area contributed by atoms with Crippen LogP contribution in [0.4, 0.5) is 18.0 Å². The summed E-state index contributed by atoms with van der Waals surface area (Å²) >= 11 is 0. The number of carboxylic acids is 1. The monoisotopic (exact) mass is 311 g/mol. The Labute approximate surface area is 120 Å². The van der Waals surface area contributed by atoms with Crippen molar-refractivity contribution in [2.75, 3.05) is 26.7 Å². The van der Waals surface area contributed by atoms with Gasteiger partial charge in [-0.15, -0.1) is 0 Å². The number of piperidine rings is 1. The molecule has 0 saturated carbocycles. The zero-order chi connectivity index (χ0) is 16.3. The highest BCUT2D eigenvalue weighted by Gasteiger charge is 2.58. The second-order valence-corrected chi connectivity index (χ2v) is 5.51. The lowest BCUT2D eigenvalue weighted by Crippen LogP contribution is -2.63. The van der Waals surface area contributed by atoms with Gasteiger partial charge in [-0.2, -0.15) is 13.2 Å². The van der Waals surface area contributed by atoms with E-state index in [1.807, 2.05) is 7.05 Å². The summed E-state index contributed by atoms with van der Waals surface area (Å²) in [6.45, 7) is 2.38. The van der Waals surface area contributed by atoms with E-state index in [1.165, 1.54) is 5.32 Å². The SMILES string of the molecule is CN1CCC(CNC(=O)NC(C)(C(=O)O)C(F)(F)F)CC1. The lowest BCUT2D eigenvalue weighted by atomic mass is 9.97. The molecule has 0 aliphatic carbocycles. The number of nitrogens with zero attached hydrogens (tertiary/aromatic N) is 1. The molecular formula is C12H20F3N3O3. The predicted octanol–water partition coefficient (Wildman–Crippen LogP) is 1.03. The number of urea groups is 1. The number of hydrogen-bond acceptors (Lipinski definition) is 3. The van der Waals surface area contributed by atoms with E-state index in [0.717, 1.165) is 25.9 Å². The van der Waals surface area contributed by atoms with Crippen LogP contribution in [0.2, 0.25) is 0 Å². The molecule has 0 spiro atoms. The van der Waals surface area contributed by atoms with Gasteiger partial charge in [-0.3, -0.25) is 0 Å². The van der Waals surface area contributed by atoms with E-state index in [-0.39, 0.29) is 12.5 Å². The Hall–Kier alpha value is -1.51. The maximum Gasteiger partial charge on any atom is 0.422 e. The van der Waals surface area contributed by atoms with Gasteiger partial charge in [0.25, 0.3) is 0 Å². The van der Waals surface area contributed by atoms with E-state index in [2.05, 4.69) is 10.2 Å². The van der Waals surface area contributed by atoms with Gasteiger partial charge in [0.2, 0.25) is 5.54 Å². The molecule has 1 saturated heterocycles. The van der Waals surface area contributed by atoms with Crippen molar-refractivity contribution in [3.8, 4) is 0 Å². The minimum Gasteiger partial charge on any atom is -0.479 e. The van der Waals surface area contributed by atoms with Crippen LogP contribution in [0, 0.1) is 5.92 Å². The summed E-state index contributed by atoms with van der Waals surface area (Å²) in [4.78, 5) is 24.4. The van der Waals surface area contributed by atoms with Crippen LogP contribution in [0.25, 0.3) is 0 Å². The highest BCUT2D eigenvalue weighted by atomic mass is 19.4. The molecule has 0 bridgehead atoms. The Morgan fingerprint density at radius 3 is 2.24 bits per heavy atom. The summed E-state index contributed by atoms with van der Waals surface area (Å²) in [7, 11) is 1.97. The first-order valence-corrected chi connectivity index (χ1v) is 6.61. The maximum absolute atomic E-state index is 12.7. The van der Waals surface area contributed by atoms with Crippen molar-refractivity contribution in [1.29, 1.82) is 0 Å². The average molecular weight is 311 g/mol.